The summed E-state index contributed by atoms with van der Waals surface area (Å²) < 4.78 is 39.4. The quantitative estimate of drug-likeness (QED) is 0.786. The van der Waals surface area contributed by atoms with Gasteiger partial charge in [0.1, 0.15) is 18.0 Å². The molecule has 0 radical (unpaired) electrons. The van der Waals surface area contributed by atoms with Gasteiger partial charge >= 0.3 is 0 Å². The van der Waals surface area contributed by atoms with Crippen molar-refractivity contribution in [2.75, 3.05) is 25.3 Å². The monoisotopic (exact) mass is 315 g/mol. The van der Waals surface area contributed by atoms with E-state index in [1.54, 1.807) is 19.2 Å². The van der Waals surface area contributed by atoms with Gasteiger partial charge < -0.3 is 24.6 Å². The van der Waals surface area contributed by atoms with Crippen LogP contribution in [0.25, 0.3) is 0 Å². The number of rotatable bonds is 4. The van der Waals surface area contributed by atoms with Crippen LogP contribution in [0.2, 0.25) is 0 Å². The first-order chi connectivity index (χ1) is 9.98. The first-order valence-corrected chi connectivity index (χ1v) is 8.43. The van der Waals surface area contributed by atoms with Gasteiger partial charge in [-0.2, -0.15) is 0 Å². The zero-order chi connectivity index (χ0) is 15.0. The molecule has 2 aliphatic heterocycles. The summed E-state index contributed by atoms with van der Waals surface area (Å²) in [6.07, 6.45) is -1.77. The molecular formula is C13H17NO6S. The van der Waals surface area contributed by atoms with Crippen LogP contribution in [0, 0.1) is 0 Å². The fourth-order valence-corrected chi connectivity index (χ4v) is 4.14. The average molecular weight is 315 g/mol. The fraction of sp³-hybridized carbons (Fsp3) is 0.538. The predicted octanol–water partition coefficient (Wildman–Crippen LogP) is -0.329. The summed E-state index contributed by atoms with van der Waals surface area (Å²) in [7, 11) is -1.45. The van der Waals surface area contributed by atoms with Crippen molar-refractivity contribution in [3.63, 3.8) is 0 Å². The Kier molecular flexibility index (Phi) is 3.68. The van der Waals surface area contributed by atoms with Gasteiger partial charge in [-0.25, -0.2) is 8.42 Å². The lowest BCUT2D eigenvalue weighted by Crippen LogP contribution is -2.30. The van der Waals surface area contributed by atoms with Gasteiger partial charge in [-0.05, 0) is 13.1 Å². The van der Waals surface area contributed by atoms with E-state index in [4.69, 9.17) is 14.2 Å². The number of sulfone groups is 1. The minimum absolute atomic E-state index is 0.151. The van der Waals surface area contributed by atoms with Crippen molar-refractivity contribution < 1.29 is 27.7 Å². The summed E-state index contributed by atoms with van der Waals surface area (Å²) >= 11 is 0. The van der Waals surface area contributed by atoms with Crippen LogP contribution in [0.5, 0.6) is 17.2 Å². The molecule has 0 saturated carbocycles. The van der Waals surface area contributed by atoms with Crippen molar-refractivity contribution in [1.82, 2.24) is 5.32 Å². The Morgan fingerprint density at radius 1 is 1.33 bits per heavy atom. The number of fused-ring (bicyclic) bond motifs is 1. The zero-order valence-electron chi connectivity index (χ0n) is 11.5. The van der Waals surface area contributed by atoms with E-state index in [9.17, 15) is 13.5 Å². The summed E-state index contributed by atoms with van der Waals surface area (Å²) in [4.78, 5) is 0. The third-order valence-electron chi connectivity index (χ3n) is 3.47. The molecule has 0 amide bonds. The highest BCUT2D eigenvalue weighted by Crippen LogP contribution is 2.39. The highest BCUT2D eigenvalue weighted by atomic mass is 32.2. The van der Waals surface area contributed by atoms with Crippen molar-refractivity contribution in [2.24, 2.45) is 0 Å². The van der Waals surface area contributed by atoms with Gasteiger partial charge in [-0.15, -0.1) is 0 Å². The maximum Gasteiger partial charge on any atom is 0.231 e. The summed E-state index contributed by atoms with van der Waals surface area (Å²) in [6.45, 7) is 0.680. The smallest absolute Gasteiger partial charge is 0.231 e. The van der Waals surface area contributed by atoms with Gasteiger partial charge in [-0.1, -0.05) is 0 Å². The molecule has 3 rings (SSSR count). The van der Waals surface area contributed by atoms with E-state index in [0.29, 0.717) is 23.8 Å². The van der Waals surface area contributed by atoms with Crippen LogP contribution in [0.1, 0.15) is 5.56 Å². The summed E-state index contributed by atoms with van der Waals surface area (Å²) in [6, 6.07) is 3.47. The Hall–Kier alpha value is -1.51. The third-order valence-corrected chi connectivity index (χ3v) is 5.16. The Morgan fingerprint density at radius 2 is 2.05 bits per heavy atom. The zero-order valence-corrected chi connectivity index (χ0v) is 12.4. The lowest BCUT2D eigenvalue weighted by molar-refractivity contribution is 0.0729. The van der Waals surface area contributed by atoms with Crippen LogP contribution in [0.3, 0.4) is 0 Å². The van der Waals surface area contributed by atoms with Gasteiger partial charge in [-0.3, -0.25) is 0 Å². The van der Waals surface area contributed by atoms with Crippen LogP contribution < -0.4 is 19.5 Å². The van der Waals surface area contributed by atoms with Crippen LogP contribution in [0.4, 0.5) is 0 Å². The Balaban J connectivity index is 1.87. The number of aliphatic hydroxyl groups is 1. The van der Waals surface area contributed by atoms with Crippen LogP contribution in [-0.2, 0) is 16.4 Å². The number of hydrogen-bond donors (Lipinski definition) is 2. The molecule has 2 aliphatic rings. The molecule has 7 nitrogen and oxygen atoms in total. The van der Waals surface area contributed by atoms with Crippen LogP contribution in [0.15, 0.2) is 12.1 Å². The summed E-state index contributed by atoms with van der Waals surface area (Å²) in [5.74, 6) is 1.24. The molecule has 2 N–H and O–H groups in total. The molecule has 1 aromatic rings. The molecule has 8 heteroatoms. The van der Waals surface area contributed by atoms with E-state index < -0.39 is 22.0 Å². The fourth-order valence-electron chi connectivity index (χ4n) is 2.48. The Bertz CT molecular complexity index is 644. The van der Waals surface area contributed by atoms with Crippen molar-refractivity contribution >= 4 is 9.84 Å². The molecule has 1 aromatic carbocycles. The Morgan fingerprint density at radius 3 is 2.67 bits per heavy atom. The lowest BCUT2D eigenvalue weighted by Gasteiger charge is -2.19. The Labute approximate surface area is 122 Å². The molecule has 2 unspecified atom stereocenters. The SMILES string of the molecule is CNCc1cc2c(cc1OC1CS(=O)(=O)CC1O)OCO2. The van der Waals surface area contributed by atoms with Crippen molar-refractivity contribution in [3.05, 3.63) is 17.7 Å². The molecule has 1 saturated heterocycles. The predicted molar refractivity (Wildman–Crippen MR) is 74.4 cm³/mol. The molecule has 2 heterocycles. The first-order valence-electron chi connectivity index (χ1n) is 6.61. The normalized spacial score (nSPS) is 26.0. The molecule has 0 bridgehead atoms. The second-order valence-electron chi connectivity index (χ2n) is 5.14. The number of benzene rings is 1. The minimum atomic E-state index is -3.25. The lowest BCUT2D eigenvalue weighted by atomic mass is 10.1. The highest BCUT2D eigenvalue weighted by molar-refractivity contribution is 7.91. The van der Waals surface area contributed by atoms with E-state index in [1.165, 1.54) is 0 Å². The van der Waals surface area contributed by atoms with Crippen molar-refractivity contribution in [3.8, 4) is 17.2 Å². The molecule has 0 aromatic heterocycles. The van der Waals surface area contributed by atoms with Crippen LogP contribution >= 0.6 is 0 Å². The first kappa shape index (κ1) is 14.4. The van der Waals surface area contributed by atoms with Crippen molar-refractivity contribution in [1.29, 1.82) is 0 Å². The number of ether oxygens (including phenoxy) is 3. The second kappa shape index (κ2) is 5.36. The van der Waals surface area contributed by atoms with Gasteiger partial charge in [0.25, 0.3) is 0 Å². The number of hydrogen-bond acceptors (Lipinski definition) is 7. The van der Waals surface area contributed by atoms with Gasteiger partial charge in [0.05, 0.1) is 11.5 Å². The molecule has 2 atom stereocenters. The number of nitrogens with one attached hydrogen (secondary N) is 1. The topological polar surface area (TPSA) is 94.1 Å². The molecule has 0 aliphatic carbocycles. The van der Waals surface area contributed by atoms with E-state index in [1.807, 2.05) is 0 Å². The molecular weight excluding hydrogens is 298 g/mol. The molecule has 116 valence electrons. The molecule has 0 spiro atoms. The highest BCUT2D eigenvalue weighted by Gasteiger charge is 2.38. The van der Waals surface area contributed by atoms with Gasteiger partial charge in [0.15, 0.2) is 21.3 Å². The second-order valence-corrected chi connectivity index (χ2v) is 7.30. The van der Waals surface area contributed by atoms with E-state index in [2.05, 4.69) is 5.32 Å². The minimum Gasteiger partial charge on any atom is -0.486 e. The van der Waals surface area contributed by atoms with E-state index in [0.717, 1.165) is 5.56 Å². The molecule has 1 fully saturated rings. The van der Waals surface area contributed by atoms with Crippen LogP contribution in [-0.4, -0.2) is 51.1 Å². The summed E-state index contributed by atoms with van der Waals surface area (Å²) in [5, 5.41) is 12.8. The van der Waals surface area contributed by atoms with E-state index >= 15 is 0 Å². The largest absolute Gasteiger partial charge is 0.486 e. The average Bonchev–Trinajstić information content (AvgIpc) is 2.94. The molecule has 21 heavy (non-hydrogen) atoms. The standard InChI is InChI=1S/C13H17NO6S/c1-14-4-8-2-11-12(19-7-18-11)3-10(8)20-13-6-21(16,17)5-9(13)15/h2-3,9,13-15H,4-7H2,1H3. The third kappa shape index (κ3) is 2.92. The maximum absolute atomic E-state index is 11.5. The maximum atomic E-state index is 11.5. The van der Waals surface area contributed by atoms with Gasteiger partial charge in [0.2, 0.25) is 6.79 Å². The van der Waals surface area contributed by atoms with Crippen molar-refractivity contribution in [2.45, 2.75) is 18.8 Å². The summed E-state index contributed by atoms with van der Waals surface area (Å²) in [5.41, 5.74) is 0.818. The van der Waals surface area contributed by atoms with E-state index in [-0.39, 0.29) is 18.3 Å². The van der Waals surface area contributed by atoms with Gasteiger partial charge in [0, 0.05) is 18.2 Å². The number of aliphatic hydroxyl groups excluding tert-OH is 1.